The molecule has 0 unspecified atom stereocenters. The maximum Gasteiger partial charge on any atom is 0.309 e. The predicted molar refractivity (Wildman–Crippen MR) is 65.7 cm³/mol. The summed E-state index contributed by atoms with van der Waals surface area (Å²) < 4.78 is 0.995. The number of H-pyrrole nitrogens is 1. The Morgan fingerprint density at radius 1 is 1.69 bits per heavy atom. The first-order valence-electron chi connectivity index (χ1n) is 4.58. The number of rotatable bonds is 3. The van der Waals surface area contributed by atoms with Crippen LogP contribution in [0.25, 0.3) is 10.4 Å². The lowest BCUT2D eigenvalue weighted by Crippen LogP contribution is -2.01. The molecular weight excluding hydrogens is 292 g/mol. The number of aromatic amines is 1. The molecule has 16 heavy (non-hydrogen) atoms. The van der Waals surface area contributed by atoms with Crippen molar-refractivity contribution in [2.24, 2.45) is 0 Å². The fraction of sp³-hybridized carbons (Fsp3) is 0.200. The number of carboxylic acids is 1. The maximum absolute atomic E-state index is 10.7. The monoisotopic (exact) mass is 300 g/mol. The molecule has 0 amide bonds. The van der Waals surface area contributed by atoms with E-state index in [2.05, 4.69) is 26.1 Å². The summed E-state index contributed by atoms with van der Waals surface area (Å²) in [5.41, 5.74) is 2.38. The highest BCUT2D eigenvalue weighted by molar-refractivity contribution is 9.10. The van der Waals surface area contributed by atoms with Gasteiger partial charge in [0, 0.05) is 26.0 Å². The number of hydrogen-bond donors (Lipinski definition) is 2. The third-order valence-electron chi connectivity index (χ3n) is 2.15. The molecule has 4 nitrogen and oxygen atoms in total. The van der Waals surface area contributed by atoms with E-state index in [1.54, 1.807) is 11.3 Å². The molecule has 2 aromatic rings. The number of nitrogens with zero attached hydrogens (tertiary/aromatic N) is 1. The van der Waals surface area contributed by atoms with E-state index < -0.39 is 5.97 Å². The number of aliphatic carboxylic acids is 1. The molecule has 0 bridgehead atoms. The normalized spacial score (nSPS) is 10.6. The molecule has 0 fully saturated rings. The van der Waals surface area contributed by atoms with E-state index in [4.69, 9.17) is 5.11 Å². The number of hydrogen-bond acceptors (Lipinski definition) is 3. The highest BCUT2D eigenvalue weighted by Gasteiger charge is 2.16. The lowest BCUT2D eigenvalue weighted by molar-refractivity contribution is -0.136. The summed E-state index contributed by atoms with van der Waals surface area (Å²) in [6.45, 7) is 1.89. The third-order valence-corrected chi connectivity index (χ3v) is 3.86. The summed E-state index contributed by atoms with van der Waals surface area (Å²) in [6, 6.07) is 1.97. The van der Waals surface area contributed by atoms with Crippen molar-refractivity contribution in [2.75, 3.05) is 0 Å². The smallest absolute Gasteiger partial charge is 0.309 e. The van der Waals surface area contributed by atoms with E-state index in [0.29, 0.717) is 5.69 Å². The quantitative estimate of drug-likeness (QED) is 0.916. The summed E-state index contributed by atoms with van der Waals surface area (Å²) >= 11 is 4.94. The van der Waals surface area contributed by atoms with Crippen molar-refractivity contribution in [1.82, 2.24) is 10.2 Å². The van der Waals surface area contributed by atoms with Crippen LogP contribution in [0.15, 0.2) is 15.9 Å². The highest BCUT2D eigenvalue weighted by atomic mass is 79.9. The molecular formula is C10H9BrN2O2S. The van der Waals surface area contributed by atoms with Crippen LogP contribution in [-0.2, 0) is 11.2 Å². The van der Waals surface area contributed by atoms with Gasteiger partial charge in [-0.2, -0.15) is 5.10 Å². The molecule has 0 aliphatic carbocycles. The zero-order chi connectivity index (χ0) is 11.7. The van der Waals surface area contributed by atoms with Crippen molar-refractivity contribution in [1.29, 1.82) is 0 Å². The third kappa shape index (κ3) is 2.17. The Bertz CT molecular complexity index is 533. The van der Waals surface area contributed by atoms with Gasteiger partial charge in [0.15, 0.2) is 0 Å². The summed E-state index contributed by atoms with van der Waals surface area (Å²) in [5.74, 6) is -0.872. The zero-order valence-corrected chi connectivity index (χ0v) is 10.9. The maximum atomic E-state index is 10.7. The molecule has 0 saturated carbocycles. The first kappa shape index (κ1) is 11.3. The van der Waals surface area contributed by atoms with Crippen LogP contribution in [0, 0.1) is 6.92 Å². The van der Waals surface area contributed by atoms with Crippen molar-refractivity contribution in [3.05, 3.63) is 27.3 Å². The van der Waals surface area contributed by atoms with Crippen molar-refractivity contribution in [2.45, 2.75) is 13.3 Å². The summed E-state index contributed by atoms with van der Waals surface area (Å²) in [5, 5.41) is 17.6. The van der Waals surface area contributed by atoms with Crippen LogP contribution >= 0.6 is 27.3 Å². The average Bonchev–Trinajstić information content (AvgIpc) is 2.73. The van der Waals surface area contributed by atoms with Gasteiger partial charge in [0.2, 0.25) is 0 Å². The number of aromatic nitrogens is 2. The van der Waals surface area contributed by atoms with Gasteiger partial charge < -0.3 is 5.11 Å². The average molecular weight is 301 g/mol. The van der Waals surface area contributed by atoms with Crippen molar-refractivity contribution in [3.63, 3.8) is 0 Å². The van der Waals surface area contributed by atoms with Crippen LogP contribution in [0.2, 0.25) is 0 Å². The number of thiophene rings is 1. The Morgan fingerprint density at radius 2 is 2.44 bits per heavy atom. The second-order valence-corrected chi connectivity index (χ2v) is 5.20. The Kier molecular flexibility index (Phi) is 3.11. The van der Waals surface area contributed by atoms with Gasteiger partial charge in [-0.3, -0.25) is 9.89 Å². The van der Waals surface area contributed by atoms with E-state index in [9.17, 15) is 4.79 Å². The zero-order valence-electron chi connectivity index (χ0n) is 8.45. The number of carboxylic acid groups (broad SMARTS) is 1. The van der Waals surface area contributed by atoms with E-state index >= 15 is 0 Å². The van der Waals surface area contributed by atoms with E-state index in [1.807, 2.05) is 18.4 Å². The molecule has 6 heteroatoms. The molecule has 2 aromatic heterocycles. The molecule has 2 N–H and O–H groups in total. The lowest BCUT2D eigenvalue weighted by Gasteiger charge is -1.98. The molecule has 0 aromatic carbocycles. The Morgan fingerprint density at radius 3 is 3.00 bits per heavy atom. The van der Waals surface area contributed by atoms with Crippen molar-refractivity contribution >= 4 is 33.2 Å². The second kappa shape index (κ2) is 4.39. The topological polar surface area (TPSA) is 66.0 Å². The van der Waals surface area contributed by atoms with Crippen LogP contribution in [-0.4, -0.2) is 21.3 Å². The van der Waals surface area contributed by atoms with Gasteiger partial charge in [0.1, 0.15) is 0 Å². The first-order valence-corrected chi connectivity index (χ1v) is 6.25. The van der Waals surface area contributed by atoms with Gasteiger partial charge in [-0.25, -0.2) is 0 Å². The van der Waals surface area contributed by atoms with Crippen LogP contribution in [0.5, 0.6) is 0 Å². The largest absolute Gasteiger partial charge is 0.481 e. The van der Waals surface area contributed by atoms with E-state index in [-0.39, 0.29) is 6.42 Å². The fourth-order valence-corrected chi connectivity index (χ4v) is 3.07. The molecule has 0 aliphatic heterocycles. The van der Waals surface area contributed by atoms with Gasteiger partial charge in [0.25, 0.3) is 0 Å². The first-order chi connectivity index (χ1) is 7.58. The Labute approximate surface area is 104 Å². The summed E-state index contributed by atoms with van der Waals surface area (Å²) in [6.07, 6.45) is -0.0603. The van der Waals surface area contributed by atoms with Crippen molar-refractivity contribution in [3.8, 4) is 10.4 Å². The standard InChI is InChI=1S/C10H9BrN2O2S/c1-5-10(8-2-6(11)4-16-8)7(13-12-5)3-9(14)15/h2,4H,3H2,1H3,(H,12,13)(H,14,15). The highest BCUT2D eigenvalue weighted by Crippen LogP contribution is 2.33. The van der Waals surface area contributed by atoms with Gasteiger partial charge in [-0.05, 0) is 28.9 Å². The molecule has 2 rings (SSSR count). The minimum absolute atomic E-state index is 0.0603. The number of nitrogens with one attached hydrogen (secondary N) is 1. The molecule has 2 heterocycles. The lowest BCUT2D eigenvalue weighted by atomic mass is 10.1. The summed E-state index contributed by atoms with van der Waals surface area (Å²) in [4.78, 5) is 11.7. The van der Waals surface area contributed by atoms with E-state index in [0.717, 1.165) is 20.6 Å². The van der Waals surface area contributed by atoms with Gasteiger partial charge in [-0.15, -0.1) is 11.3 Å². The van der Waals surface area contributed by atoms with Gasteiger partial charge >= 0.3 is 5.97 Å². The Hall–Kier alpha value is -1.14. The molecule has 0 aliphatic rings. The minimum atomic E-state index is -0.872. The van der Waals surface area contributed by atoms with Crippen LogP contribution < -0.4 is 0 Å². The number of halogens is 1. The second-order valence-electron chi connectivity index (χ2n) is 3.37. The van der Waals surface area contributed by atoms with Crippen molar-refractivity contribution < 1.29 is 9.90 Å². The number of carbonyl (C=O) groups is 1. The molecule has 0 radical (unpaired) electrons. The van der Waals surface area contributed by atoms with Crippen LogP contribution in [0.1, 0.15) is 11.4 Å². The SMILES string of the molecule is Cc1[nH]nc(CC(=O)O)c1-c1cc(Br)cs1. The summed E-state index contributed by atoms with van der Waals surface area (Å²) in [7, 11) is 0. The molecule has 0 spiro atoms. The fourth-order valence-electron chi connectivity index (χ4n) is 1.52. The molecule has 84 valence electrons. The van der Waals surface area contributed by atoms with Crippen LogP contribution in [0.4, 0.5) is 0 Å². The predicted octanol–water partition coefficient (Wildman–Crippen LogP) is 2.84. The van der Waals surface area contributed by atoms with E-state index in [1.165, 1.54) is 0 Å². The van der Waals surface area contributed by atoms with Crippen LogP contribution in [0.3, 0.4) is 0 Å². The van der Waals surface area contributed by atoms with Gasteiger partial charge in [-0.1, -0.05) is 0 Å². The molecule has 0 atom stereocenters. The number of aryl methyl sites for hydroxylation is 1. The Balaban J connectivity index is 2.46. The van der Waals surface area contributed by atoms with Gasteiger partial charge in [0.05, 0.1) is 12.1 Å². The molecule has 0 saturated heterocycles. The minimum Gasteiger partial charge on any atom is -0.481 e.